The molecule has 0 bridgehead atoms. The maximum atomic E-state index is 6.01. The van der Waals surface area contributed by atoms with E-state index in [1.807, 2.05) is 19.1 Å². The van der Waals surface area contributed by atoms with Crippen molar-refractivity contribution in [1.29, 1.82) is 0 Å². The number of nitrogens with two attached hydrogens (primary N) is 1. The molecule has 0 unspecified atom stereocenters. The lowest BCUT2D eigenvalue weighted by molar-refractivity contribution is 1.38. The molecule has 3 heteroatoms. The highest BCUT2D eigenvalue weighted by atomic mass is 35.5. The van der Waals surface area contributed by atoms with Crippen LogP contribution in [0.25, 0.3) is 0 Å². The zero-order chi connectivity index (χ0) is 10.7. The van der Waals surface area contributed by atoms with Gasteiger partial charge in [0, 0.05) is 15.6 Å². The van der Waals surface area contributed by atoms with E-state index in [-0.39, 0.29) is 0 Å². The largest absolute Gasteiger partial charge is 0.398 e. The lowest BCUT2D eigenvalue weighted by atomic mass is 10.2. The SMILES string of the molecule is CC(C)=CSc1cc(Cl)c(C)cc1N. The van der Waals surface area contributed by atoms with Crippen LogP contribution >= 0.6 is 23.4 Å². The second kappa shape index (κ2) is 4.76. The van der Waals surface area contributed by atoms with Gasteiger partial charge in [-0.3, -0.25) is 0 Å². The van der Waals surface area contributed by atoms with Crippen LogP contribution in [0.3, 0.4) is 0 Å². The molecule has 0 heterocycles. The first-order chi connectivity index (χ1) is 6.50. The van der Waals surface area contributed by atoms with Gasteiger partial charge < -0.3 is 5.73 Å². The second-order valence-electron chi connectivity index (χ2n) is 3.45. The first kappa shape index (κ1) is 11.5. The van der Waals surface area contributed by atoms with Crippen molar-refractivity contribution in [2.75, 3.05) is 5.73 Å². The van der Waals surface area contributed by atoms with E-state index in [2.05, 4.69) is 19.3 Å². The average Bonchev–Trinajstić information content (AvgIpc) is 2.09. The molecule has 0 aliphatic rings. The van der Waals surface area contributed by atoms with Gasteiger partial charge in [0.2, 0.25) is 0 Å². The van der Waals surface area contributed by atoms with Crippen molar-refractivity contribution < 1.29 is 0 Å². The topological polar surface area (TPSA) is 26.0 Å². The van der Waals surface area contributed by atoms with Crippen molar-refractivity contribution in [3.05, 3.63) is 33.7 Å². The van der Waals surface area contributed by atoms with E-state index >= 15 is 0 Å². The Kier molecular flexibility index (Phi) is 3.90. The van der Waals surface area contributed by atoms with Crippen molar-refractivity contribution in [2.45, 2.75) is 25.7 Å². The van der Waals surface area contributed by atoms with Crippen LogP contribution in [0.1, 0.15) is 19.4 Å². The monoisotopic (exact) mass is 227 g/mol. The van der Waals surface area contributed by atoms with Crippen LogP contribution in [0.5, 0.6) is 0 Å². The van der Waals surface area contributed by atoms with Crippen molar-refractivity contribution in [3.8, 4) is 0 Å². The molecule has 0 aliphatic heterocycles. The summed E-state index contributed by atoms with van der Waals surface area (Å²) in [5.41, 5.74) is 8.93. The molecular formula is C11H14ClNS. The number of aryl methyl sites for hydroxylation is 1. The lowest BCUT2D eigenvalue weighted by Crippen LogP contribution is -1.89. The molecule has 1 aromatic carbocycles. The summed E-state index contributed by atoms with van der Waals surface area (Å²) in [7, 11) is 0. The summed E-state index contributed by atoms with van der Waals surface area (Å²) in [6.45, 7) is 6.06. The van der Waals surface area contributed by atoms with E-state index in [0.29, 0.717) is 0 Å². The fourth-order valence-electron chi connectivity index (χ4n) is 0.969. The molecule has 0 fully saturated rings. The van der Waals surface area contributed by atoms with Gasteiger partial charge in [0.15, 0.2) is 0 Å². The van der Waals surface area contributed by atoms with Gasteiger partial charge in [0.05, 0.1) is 0 Å². The van der Waals surface area contributed by atoms with E-state index in [0.717, 1.165) is 21.2 Å². The van der Waals surface area contributed by atoms with Crippen molar-refractivity contribution in [2.24, 2.45) is 0 Å². The van der Waals surface area contributed by atoms with Gasteiger partial charge in [-0.05, 0) is 43.9 Å². The Balaban J connectivity index is 2.98. The van der Waals surface area contributed by atoms with Gasteiger partial charge in [-0.1, -0.05) is 28.9 Å². The highest BCUT2D eigenvalue weighted by Crippen LogP contribution is 2.31. The minimum absolute atomic E-state index is 0.767. The van der Waals surface area contributed by atoms with Gasteiger partial charge in [-0.15, -0.1) is 0 Å². The normalized spacial score (nSPS) is 10.0. The molecule has 14 heavy (non-hydrogen) atoms. The zero-order valence-corrected chi connectivity index (χ0v) is 10.2. The second-order valence-corrected chi connectivity index (χ2v) is 4.77. The molecule has 1 rings (SSSR count). The van der Waals surface area contributed by atoms with Gasteiger partial charge in [-0.2, -0.15) is 0 Å². The van der Waals surface area contributed by atoms with Crippen molar-refractivity contribution in [3.63, 3.8) is 0 Å². The number of halogens is 1. The highest BCUT2D eigenvalue weighted by molar-refractivity contribution is 8.02. The Morgan fingerprint density at radius 2 is 2.07 bits per heavy atom. The molecule has 1 nitrogen and oxygen atoms in total. The van der Waals surface area contributed by atoms with Crippen LogP contribution in [-0.2, 0) is 0 Å². The number of nitrogen functional groups attached to an aromatic ring is 1. The van der Waals surface area contributed by atoms with Gasteiger partial charge >= 0.3 is 0 Å². The number of rotatable bonds is 2. The number of hydrogen-bond donors (Lipinski definition) is 1. The van der Waals surface area contributed by atoms with Crippen LogP contribution < -0.4 is 5.73 Å². The third-order valence-electron chi connectivity index (χ3n) is 1.71. The zero-order valence-electron chi connectivity index (χ0n) is 8.60. The Morgan fingerprint density at radius 1 is 1.43 bits per heavy atom. The summed E-state index contributed by atoms with van der Waals surface area (Å²) in [5.74, 6) is 0. The van der Waals surface area contributed by atoms with Crippen LogP contribution in [0.4, 0.5) is 5.69 Å². The molecule has 0 atom stereocenters. The Labute approximate surface area is 94.3 Å². The molecular weight excluding hydrogens is 214 g/mol. The summed E-state index contributed by atoms with van der Waals surface area (Å²) < 4.78 is 0. The van der Waals surface area contributed by atoms with Gasteiger partial charge in [0.1, 0.15) is 0 Å². The summed E-state index contributed by atoms with van der Waals surface area (Å²) in [4.78, 5) is 1.02. The number of anilines is 1. The third-order valence-corrected chi connectivity index (χ3v) is 3.32. The first-order valence-corrected chi connectivity index (χ1v) is 5.62. The lowest BCUT2D eigenvalue weighted by Gasteiger charge is -2.05. The molecule has 0 amide bonds. The molecule has 1 aromatic rings. The first-order valence-electron chi connectivity index (χ1n) is 4.36. The Hall–Kier alpha value is -0.600. The van der Waals surface area contributed by atoms with E-state index in [9.17, 15) is 0 Å². The molecule has 0 saturated carbocycles. The fourth-order valence-corrected chi connectivity index (χ4v) is 1.94. The molecule has 2 N–H and O–H groups in total. The summed E-state index contributed by atoms with van der Waals surface area (Å²) in [5, 5.41) is 2.83. The maximum absolute atomic E-state index is 6.01. The minimum Gasteiger partial charge on any atom is -0.398 e. The van der Waals surface area contributed by atoms with E-state index < -0.39 is 0 Å². The molecule has 0 aliphatic carbocycles. The predicted molar refractivity (Wildman–Crippen MR) is 65.9 cm³/mol. The summed E-state index contributed by atoms with van der Waals surface area (Å²) in [6.07, 6.45) is 0. The molecule has 0 saturated heterocycles. The van der Waals surface area contributed by atoms with Crippen LogP contribution in [-0.4, -0.2) is 0 Å². The van der Waals surface area contributed by atoms with E-state index in [4.69, 9.17) is 17.3 Å². The number of hydrogen-bond acceptors (Lipinski definition) is 2. The predicted octanol–water partition coefficient (Wildman–Crippen LogP) is 4.25. The smallest absolute Gasteiger partial charge is 0.0459 e. The third kappa shape index (κ3) is 2.96. The minimum atomic E-state index is 0.767. The summed E-state index contributed by atoms with van der Waals surface area (Å²) >= 11 is 7.62. The number of benzene rings is 1. The quantitative estimate of drug-likeness (QED) is 0.604. The molecule has 76 valence electrons. The van der Waals surface area contributed by atoms with Crippen LogP contribution in [0, 0.1) is 6.92 Å². The number of allylic oxidation sites excluding steroid dienone is 1. The van der Waals surface area contributed by atoms with Crippen LogP contribution in [0.2, 0.25) is 5.02 Å². The van der Waals surface area contributed by atoms with Gasteiger partial charge in [-0.25, -0.2) is 0 Å². The highest BCUT2D eigenvalue weighted by Gasteiger charge is 2.02. The molecule has 0 spiro atoms. The maximum Gasteiger partial charge on any atom is 0.0459 e. The van der Waals surface area contributed by atoms with Crippen LogP contribution in [0.15, 0.2) is 28.0 Å². The Morgan fingerprint density at radius 3 is 2.64 bits per heavy atom. The summed E-state index contributed by atoms with van der Waals surface area (Å²) in [6, 6.07) is 3.82. The Bertz CT molecular complexity index is 368. The standard InChI is InChI=1S/C11H14ClNS/c1-7(2)6-14-11-5-9(12)8(3)4-10(11)13/h4-6H,13H2,1-3H3. The molecule has 0 aromatic heterocycles. The van der Waals surface area contributed by atoms with Crippen molar-refractivity contribution >= 4 is 29.1 Å². The fraction of sp³-hybridized carbons (Fsp3) is 0.273. The average molecular weight is 228 g/mol. The van der Waals surface area contributed by atoms with E-state index in [1.54, 1.807) is 11.8 Å². The van der Waals surface area contributed by atoms with E-state index in [1.165, 1.54) is 5.57 Å². The molecule has 0 radical (unpaired) electrons. The van der Waals surface area contributed by atoms with Gasteiger partial charge in [0.25, 0.3) is 0 Å². The van der Waals surface area contributed by atoms with Crippen molar-refractivity contribution in [1.82, 2.24) is 0 Å². The number of thioether (sulfide) groups is 1.